The van der Waals surface area contributed by atoms with Gasteiger partial charge in [0, 0.05) is 6.42 Å². The lowest BCUT2D eigenvalue weighted by atomic mass is 9.92. The molecule has 0 rings (SSSR count). The Bertz CT molecular complexity index is 435. The monoisotopic (exact) mass is 420 g/mol. The lowest BCUT2D eigenvalue weighted by Gasteiger charge is -2.33. The Morgan fingerprint density at radius 3 is 1.79 bits per heavy atom. The molecule has 2 N–H and O–H groups in total. The van der Waals surface area contributed by atoms with Crippen LogP contribution in [-0.4, -0.2) is 27.5 Å². The summed E-state index contributed by atoms with van der Waals surface area (Å²) in [6, 6.07) is 0. The van der Waals surface area contributed by atoms with Crippen LogP contribution in [0.1, 0.15) is 124 Å². The molecule has 0 spiro atoms. The van der Waals surface area contributed by atoms with Crippen LogP contribution in [0.15, 0.2) is 0 Å². The molecule has 0 aromatic carbocycles. The van der Waals surface area contributed by atoms with Gasteiger partial charge >= 0.3 is 13.6 Å². The van der Waals surface area contributed by atoms with E-state index in [0.29, 0.717) is 19.4 Å². The minimum absolute atomic E-state index is 0.0879. The van der Waals surface area contributed by atoms with Crippen LogP contribution >= 0.6 is 7.60 Å². The molecule has 5 nitrogen and oxygen atoms in total. The van der Waals surface area contributed by atoms with Crippen LogP contribution in [0.2, 0.25) is 0 Å². The van der Waals surface area contributed by atoms with E-state index in [2.05, 4.69) is 13.8 Å². The van der Waals surface area contributed by atoms with Crippen molar-refractivity contribution in [1.82, 2.24) is 0 Å². The standard InChI is InChI=1S/C22H45O5P/c1-4-7-9-11-13-15-18-22(6-3,28(24,25)26)19-17-21(23)27-20-16-14-12-10-8-5-2/h4-20H2,1-3H3,(H2,24,25,26). The first-order valence-corrected chi connectivity index (χ1v) is 13.2. The largest absolute Gasteiger partial charge is 0.466 e. The second kappa shape index (κ2) is 16.4. The second-order valence-electron chi connectivity index (χ2n) is 8.13. The highest BCUT2D eigenvalue weighted by molar-refractivity contribution is 7.53. The van der Waals surface area contributed by atoms with Gasteiger partial charge in [-0.3, -0.25) is 9.36 Å². The van der Waals surface area contributed by atoms with Crippen molar-refractivity contribution in [2.24, 2.45) is 0 Å². The molecule has 0 radical (unpaired) electrons. The Balaban J connectivity index is 4.30. The molecule has 0 aromatic rings. The predicted octanol–water partition coefficient (Wildman–Crippen LogP) is 6.75. The molecule has 28 heavy (non-hydrogen) atoms. The van der Waals surface area contributed by atoms with E-state index in [1.807, 2.05) is 6.92 Å². The van der Waals surface area contributed by atoms with Crippen molar-refractivity contribution in [1.29, 1.82) is 0 Å². The molecule has 0 bridgehead atoms. The van der Waals surface area contributed by atoms with Crippen LogP contribution in [0.3, 0.4) is 0 Å². The van der Waals surface area contributed by atoms with Gasteiger partial charge in [0.2, 0.25) is 0 Å². The highest BCUT2D eigenvalue weighted by Gasteiger charge is 2.44. The molecule has 0 aliphatic heterocycles. The Labute approximate surface area is 173 Å². The summed E-state index contributed by atoms with van der Waals surface area (Å²) in [7, 11) is -4.28. The Hall–Kier alpha value is -0.380. The first-order valence-electron chi connectivity index (χ1n) is 11.5. The summed E-state index contributed by atoms with van der Waals surface area (Å²) in [5, 5.41) is -1.09. The summed E-state index contributed by atoms with van der Waals surface area (Å²) >= 11 is 0. The summed E-state index contributed by atoms with van der Waals surface area (Å²) in [4.78, 5) is 32.0. The number of unbranched alkanes of at least 4 members (excludes halogenated alkanes) is 10. The van der Waals surface area contributed by atoms with Gasteiger partial charge in [-0.15, -0.1) is 0 Å². The van der Waals surface area contributed by atoms with Crippen molar-refractivity contribution in [2.75, 3.05) is 6.61 Å². The number of esters is 1. The van der Waals surface area contributed by atoms with E-state index in [9.17, 15) is 19.1 Å². The van der Waals surface area contributed by atoms with Crippen LogP contribution < -0.4 is 0 Å². The molecule has 0 aliphatic carbocycles. The summed E-state index contributed by atoms with van der Waals surface area (Å²) in [5.41, 5.74) is 0. The van der Waals surface area contributed by atoms with Crippen LogP contribution in [0.5, 0.6) is 0 Å². The zero-order valence-corrected chi connectivity index (χ0v) is 19.5. The van der Waals surface area contributed by atoms with Crippen molar-refractivity contribution in [3.63, 3.8) is 0 Å². The minimum Gasteiger partial charge on any atom is -0.466 e. The zero-order chi connectivity index (χ0) is 21.3. The fourth-order valence-corrected chi connectivity index (χ4v) is 4.95. The topological polar surface area (TPSA) is 83.8 Å². The molecule has 1 unspecified atom stereocenters. The maximum absolute atomic E-state index is 12.2. The van der Waals surface area contributed by atoms with Crippen LogP contribution in [0, 0.1) is 0 Å². The number of ether oxygens (including phenoxy) is 1. The normalized spacial score (nSPS) is 14.0. The average Bonchev–Trinajstić information content (AvgIpc) is 2.65. The van der Waals surface area contributed by atoms with E-state index < -0.39 is 12.8 Å². The third kappa shape index (κ3) is 12.2. The number of hydrogen-bond acceptors (Lipinski definition) is 3. The Morgan fingerprint density at radius 2 is 1.29 bits per heavy atom. The summed E-state index contributed by atoms with van der Waals surface area (Å²) < 4.78 is 17.5. The van der Waals surface area contributed by atoms with Crippen molar-refractivity contribution >= 4 is 13.6 Å². The van der Waals surface area contributed by atoms with Crippen LogP contribution in [0.25, 0.3) is 0 Å². The SMILES string of the molecule is CCCCCCCCOC(=O)CCC(CC)(CCCCCCCC)P(=O)(O)O. The van der Waals surface area contributed by atoms with Crippen molar-refractivity contribution in [3.05, 3.63) is 0 Å². The Morgan fingerprint density at radius 1 is 0.786 bits per heavy atom. The first kappa shape index (κ1) is 27.6. The lowest BCUT2D eigenvalue weighted by molar-refractivity contribution is -0.144. The summed E-state index contributed by atoms with van der Waals surface area (Å²) in [6.07, 6.45) is 14.4. The molecular formula is C22H45O5P. The lowest BCUT2D eigenvalue weighted by Crippen LogP contribution is -2.29. The third-order valence-corrected chi connectivity index (χ3v) is 7.83. The quantitative estimate of drug-likeness (QED) is 0.137. The van der Waals surface area contributed by atoms with Gasteiger partial charge in [0.05, 0.1) is 11.8 Å². The minimum atomic E-state index is -4.28. The van der Waals surface area contributed by atoms with Crippen molar-refractivity contribution in [3.8, 4) is 0 Å². The highest BCUT2D eigenvalue weighted by Crippen LogP contribution is 2.57. The van der Waals surface area contributed by atoms with E-state index in [0.717, 1.165) is 32.1 Å². The first-order chi connectivity index (χ1) is 13.3. The maximum Gasteiger partial charge on any atom is 0.331 e. The number of carbonyl (C=O) groups is 1. The van der Waals surface area contributed by atoms with E-state index in [1.54, 1.807) is 0 Å². The van der Waals surface area contributed by atoms with E-state index in [1.165, 1.54) is 44.9 Å². The molecule has 0 aliphatic rings. The second-order valence-corrected chi connectivity index (χ2v) is 10.2. The van der Waals surface area contributed by atoms with Gasteiger partial charge in [0.15, 0.2) is 0 Å². The fraction of sp³-hybridized carbons (Fsp3) is 0.955. The van der Waals surface area contributed by atoms with Gasteiger partial charge in [0.1, 0.15) is 0 Å². The number of hydrogen-bond donors (Lipinski definition) is 2. The molecule has 1 atom stereocenters. The van der Waals surface area contributed by atoms with Gasteiger partial charge in [0.25, 0.3) is 0 Å². The van der Waals surface area contributed by atoms with E-state index in [-0.39, 0.29) is 18.8 Å². The van der Waals surface area contributed by atoms with Gasteiger partial charge in [-0.25, -0.2) is 0 Å². The summed E-state index contributed by atoms with van der Waals surface area (Å²) in [6.45, 7) is 6.58. The van der Waals surface area contributed by atoms with Gasteiger partial charge in [-0.1, -0.05) is 91.4 Å². The van der Waals surface area contributed by atoms with Gasteiger partial charge < -0.3 is 14.5 Å². The van der Waals surface area contributed by atoms with Crippen molar-refractivity contribution in [2.45, 2.75) is 129 Å². The zero-order valence-electron chi connectivity index (χ0n) is 18.6. The molecule has 6 heteroatoms. The predicted molar refractivity (Wildman–Crippen MR) is 117 cm³/mol. The molecule has 168 valence electrons. The van der Waals surface area contributed by atoms with Crippen LogP contribution in [-0.2, 0) is 14.1 Å². The fourth-order valence-electron chi connectivity index (χ4n) is 3.69. The molecule has 0 amide bonds. The van der Waals surface area contributed by atoms with E-state index >= 15 is 0 Å². The average molecular weight is 421 g/mol. The van der Waals surface area contributed by atoms with Gasteiger partial charge in [-0.05, 0) is 25.7 Å². The molecule has 0 saturated heterocycles. The number of rotatable bonds is 19. The van der Waals surface area contributed by atoms with Crippen molar-refractivity contribution < 1.29 is 23.9 Å². The molecule has 0 heterocycles. The smallest absolute Gasteiger partial charge is 0.331 e. The molecule has 0 aromatic heterocycles. The maximum atomic E-state index is 12.2. The van der Waals surface area contributed by atoms with E-state index in [4.69, 9.17) is 4.74 Å². The van der Waals surface area contributed by atoms with Crippen LogP contribution in [0.4, 0.5) is 0 Å². The summed E-state index contributed by atoms with van der Waals surface area (Å²) in [5.74, 6) is -0.331. The molecular weight excluding hydrogens is 375 g/mol. The number of carbonyl (C=O) groups excluding carboxylic acids is 1. The van der Waals surface area contributed by atoms with Gasteiger partial charge in [-0.2, -0.15) is 0 Å². The molecule has 0 fully saturated rings. The Kier molecular flexibility index (Phi) is 16.2. The molecule has 0 saturated carbocycles. The third-order valence-electron chi connectivity index (χ3n) is 5.83. The highest BCUT2D eigenvalue weighted by atomic mass is 31.2.